The first kappa shape index (κ1) is 19.9. The second-order valence-corrected chi connectivity index (χ2v) is 9.10. The van der Waals surface area contributed by atoms with Crippen LogP contribution >= 0.6 is 0 Å². The summed E-state index contributed by atoms with van der Waals surface area (Å²) in [5.74, 6) is 0.765. The number of nitrogens with two attached hydrogens (primary N) is 1. The molecule has 31 heavy (non-hydrogen) atoms. The number of benzene rings is 1. The molecular weight excluding hydrogens is 390 g/mol. The first-order valence-corrected chi connectivity index (χ1v) is 11.3. The number of rotatable bonds is 4. The van der Waals surface area contributed by atoms with Crippen LogP contribution in [0.25, 0.3) is 5.57 Å². The smallest absolute Gasteiger partial charge is 0.414 e. The van der Waals surface area contributed by atoms with Crippen molar-refractivity contribution >= 4 is 28.9 Å². The van der Waals surface area contributed by atoms with E-state index in [9.17, 15) is 9.59 Å². The van der Waals surface area contributed by atoms with Crippen LogP contribution in [-0.2, 0) is 9.53 Å². The van der Waals surface area contributed by atoms with Gasteiger partial charge in [0.25, 0.3) is 0 Å². The molecule has 6 heteroatoms. The van der Waals surface area contributed by atoms with Gasteiger partial charge in [-0.15, -0.1) is 0 Å². The Bertz CT molecular complexity index is 1000. The highest BCUT2D eigenvalue weighted by molar-refractivity contribution is 6.05. The van der Waals surface area contributed by atoms with E-state index in [1.54, 1.807) is 4.90 Å². The van der Waals surface area contributed by atoms with Gasteiger partial charge in [0.1, 0.15) is 0 Å². The Hall–Kier alpha value is -3.02. The van der Waals surface area contributed by atoms with E-state index >= 15 is 0 Å². The summed E-state index contributed by atoms with van der Waals surface area (Å²) < 4.78 is 5.62. The molecule has 4 aliphatic rings. The minimum atomic E-state index is -0.337. The maximum atomic E-state index is 13.1. The molecule has 2 amide bonds. The number of fused-ring (bicyclic) bond motifs is 1. The van der Waals surface area contributed by atoms with Crippen LogP contribution in [0.3, 0.4) is 0 Å². The highest BCUT2D eigenvalue weighted by Crippen LogP contribution is 2.42. The second-order valence-electron chi connectivity index (χ2n) is 9.10. The molecule has 1 aromatic carbocycles. The second kappa shape index (κ2) is 7.91. The predicted octanol–water partition coefficient (Wildman–Crippen LogP) is 4.37. The van der Waals surface area contributed by atoms with Crippen LogP contribution in [0.2, 0.25) is 0 Å². The molecule has 3 aliphatic carbocycles. The van der Waals surface area contributed by atoms with Gasteiger partial charge in [-0.25, -0.2) is 4.79 Å². The molecule has 2 saturated carbocycles. The van der Waals surface area contributed by atoms with Crippen LogP contribution in [0.15, 0.2) is 48.2 Å². The number of anilines is 2. The van der Waals surface area contributed by atoms with E-state index in [1.165, 1.54) is 0 Å². The van der Waals surface area contributed by atoms with E-state index in [1.807, 2.05) is 54.3 Å². The molecule has 1 aliphatic heterocycles. The summed E-state index contributed by atoms with van der Waals surface area (Å²) >= 11 is 0. The van der Waals surface area contributed by atoms with Crippen LogP contribution < -0.4 is 15.5 Å². The third kappa shape index (κ3) is 3.99. The van der Waals surface area contributed by atoms with Crippen LogP contribution in [0.1, 0.15) is 44.6 Å². The van der Waals surface area contributed by atoms with Crippen LogP contribution in [0.5, 0.6) is 0 Å². The summed E-state index contributed by atoms with van der Waals surface area (Å²) in [4.78, 5) is 29.6. The topological polar surface area (TPSA) is 75.9 Å². The van der Waals surface area contributed by atoms with Crippen LogP contribution in [0, 0.1) is 11.8 Å². The molecule has 5 rings (SSSR count). The number of amides is 2. The fourth-order valence-electron chi connectivity index (χ4n) is 4.30. The molecule has 0 unspecified atom stereocenters. The van der Waals surface area contributed by atoms with Crippen molar-refractivity contribution in [2.75, 3.05) is 23.0 Å². The summed E-state index contributed by atoms with van der Waals surface area (Å²) in [7, 11) is 0. The molecule has 0 spiro atoms. The number of hydrogen-bond acceptors (Lipinski definition) is 4. The van der Waals surface area contributed by atoms with Crippen LogP contribution in [0.4, 0.5) is 16.2 Å². The number of carbonyl (C=O) groups is 2. The summed E-state index contributed by atoms with van der Waals surface area (Å²) in [5.41, 5.74) is 10.5. The summed E-state index contributed by atoms with van der Waals surface area (Å²) in [6, 6.07) is 5.82. The molecule has 0 bridgehead atoms. The van der Waals surface area contributed by atoms with Crippen molar-refractivity contribution in [3.05, 3.63) is 53.8 Å². The standard InChI is InChI=1S/C25H29N3O3/c1-16-14-27(25(30)31-15-17-7-8-17)23-13-19(20-5-3-2-4-6-21(20)26)11-12-22(23)28(16)24(29)18-9-10-18/h2-5,11-13,16-18H,6-10,14-15,26H2,1H3/t16-/m0/s1. The first-order valence-electron chi connectivity index (χ1n) is 11.3. The zero-order chi connectivity index (χ0) is 21.5. The van der Waals surface area contributed by atoms with Crippen molar-refractivity contribution in [3.8, 4) is 0 Å². The zero-order valence-electron chi connectivity index (χ0n) is 17.9. The van der Waals surface area contributed by atoms with Gasteiger partial charge in [-0.2, -0.15) is 0 Å². The molecule has 2 N–H and O–H groups in total. The van der Waals surface area contributed by atoms with Crippen molar-refractivity contribution in [2.24, 2.45) is 17.6 Å². The lowest BCUT2D eigenvalue weighted by Gasteiger charge is -2.41. The lowest BCUT2D eigenvalue weighted by atomic mass is 9.98. The Kier molecular flexibility index (Phi) is 5.08. The van der Waals surface area contributed by atoms with Crippen molar-refractivity contribution in [1.29, 1.82) is 0 Å². The fourth-order valence-corrected chi connectivity index (χ4v) is 4.30. The monoisotopic (exact) mass is 419 g/mol. The average Bonchev–Trinajstić information content (AvgIpc) is 3.65. The Balaban J connectivity index is 1.53. The average molecular weight is 420 g/mol. The lowest BCUT2D eigenvalue weighted by molar-refractivity contribution is -0.120. The van der Waals surface area contributed by atoms with Crippen molar-refractivity contribution in [1.82, 2.24) is 0 Å². The van der Waals surface area contributed by atoms with Gasteiger partial charge in [-0.1, -0.05) is 30.4 Å². The highest BCUT2D eigenvalue weighted by Gasteiger charge is 2.41. The van der Waals surface area contributed by atoms with Gasteiger partial charge in [0.2, 0.25) is 5.91 Å². The number of allylic oxidation sites excluding steroid dienone is 5. The van der Waals surface area contributed by atoms with E-state index in [4.69, 9.17) is 10.5 Å². The molecule has 162 valence electrons. The molecular formula is C25H29N3O3. The van der Waals surface area contributed by atoms with Gasteiger partial charge >= 0.3 is 6.09 Å². The van der Waals surface area contributed by atoms with Gasteiger partial charge in [-0.05, 0) is 56.2 Å². The van der Waals surface area contributed by atoms with E-state index in [0.717, 1.165) is 53.9 Å². The largest absolute Gasteiger partial charge is 0.449 e. The van der Waals surface area contributed by atoms with Crippen molar-refractivity contribution in [2.45, 2.75) is 45.1 Å². The molecule has 0 radical (unpaired) electrons. The minimum absolute atomic E-state index is 0.105. The minimum Gasteiger partial charge on any atom is -0.449 e. The quantitative estimate of drug-likeness (QED) is 0.786. The zero-order valence-corrected chi connectivity index (χ0v) is 17.9. The highest BCUT2D eigenvalue weighted by atomic mass is 16.6. The van der Waals surface area contributed by atoms with Crippen LogP contribution in [-0.4, -0.2) is 31.2 Å². The van der Waals surface area contributed by atoms with Gasteiger partial charge < -0.3 is 15.4 Å². The van der Waals surface area contributed by atoms with Gasteiger partial charge in [-0.3, -0.25) is 9.69 Å². The molecule has 0 aromatic heterocycles. The number of nitrogens with zero attached hydrogens (tertiary/aromatic N) is 2. The predicted molar refractivity (Wildman–Crippen MR) is 122 cm³/mol. The maximum absolute atomic E-state index is 13.1. The molecule has 1 aromatic rings. The number of ether oxygens (including phenoxy) is 1. The van der Waals surface area contributed by atoms with E-state index in [2.05, 4.69) is 0 Å². The van der Waals surface area contributed by atoms with Crippen molar-refractivity contribution in [3.63, 3.8) is 0 Å². The van der Waals surface area contributed by atoms with Gasteiger partial charge in [0.05, 0.1) is 24.0 Å². The Morgan fingerprint density at radius 2 is 1.94 bits per heavy atom. The Labute approximate surface area is 183 Å². The van der Waals surface area contributed by atoms with E-state index in [-0.39, 0.29) is 24.0 Å². The van der Waals surface area contributed by atoms with Gasteiger partial charge in [0, 0.05) is 30.2 Å². The normalized spacial score (nSPS) is 22.9. The Morgan fingerprint density at radius 1 is 1.13 bits per heavy atom. The first-order chi connectivity index (χ1) is 15.0. The van der Waals surface area contributed by atoms with E-state index < -0.39 is 0 Å². The molecule has 1 heterocycles. The number of hydrogen-bond donors (Lipinski definition) is 1. The molecule has 1 atom stereocenters. The van der Waals surface area contributed by atoms with Gasteiger partial charge in [0.15, 0.2) is 0 Å². The fraction of sp³-hybridized carbons (Fsp3) is 0.440. The molecule has 2 fully saturated rings. The summed E-state index contributed by atoms with van der Waals surface area (Å²) in [5, 5.41) is 0. The summed E-state index contributed by atoms with van der Waals surface area (Å²) in [6.07, 6.45) is 12.5. The SMILES string of the molecule is C[C@H]1CN(C(=O)OCC2CC2)c2cc(C3=C(N)CC=CC=C3)ccc2N1C(=O)C1CC1. The number of carbonyl (C=O) groups excluding carboxylic acids is 2. The third-order valence-corrected chi connectivity index (χ3v) is 6.44. The summed E-state index contributed by atoms with van der Waals surface area (Å²) in [6.45, 7) is 2.89. The maximum Gasteiger partial charge on any atom is 0.414 e. The Morgan fingerprint density at radius 3 is 2.68 bits per heavy atom. The van der Waals surface area contributed by atoms with E-state index in [0.29, 0.717) is 25.5 Å². The molecule has 6 nitrogen and oxygen atoms in total. The molecule has 0 saturated heterocycles. The van der Waals surface area contributed by atoms with Crippen molar-refractivity contribution < 1.29 is 14.3 Å². The third-order valence-electron chi connectivity index (χ3n) is 6.44. The lowest BCUT2D eigenvalue weighted by Crippen LogP contribution is -2.52.